The van der Waals surface area contributed by atoms with Gasteiger partial charge in [0.25, 0.3) is 5.91 Å². The molecule has 1 rings (SSSR count). The van der Waals surface area contributed by atoms with Gasteiger partial charge >= 0.3 is 0 Å². The Morgan fingerprint density at radius 1 is 1.53 bits per heavy atom. The van der Waals surface area contributed by atoms with Crippen molar-refractivity contribution < 1.29 is 14.6 Å². The first-order valence-corrected chi connectivity index (χ1v) is 4.91. The number of nitrogens with one attached hydrogen (secondary N) is 1. The fourth-order valence-corrected chi connectivity index (χ4v) is 1.04. The molecule has 4 heteroatoms. The summed E-state index contributed by atoms with van der Waals surface area (Å²) in [7, 11) is 0. The van der Waals surface area contributed by atoms with Crippen molar-refractivity contribution in [2.45, 2.75) is 13.3 Å². The van der Waals surface area contributed by atoms with Crippen LogP contribution in [-0.2, 0) is 4.79 Å². The topological polar surface area (TPSA) is 58.6 Å². The molecule has 4 nitrogen and oxygen atoms in total. The number of amides is 1. The minimum Gasteiger partial charge on any atom is -0.508 e. The predicted octanol–water partition coefficient (Wildman–Crippen LogP) is 1.30. The highest BCUT2D eigenvalue weighted by Crippen LogP contribution is 2.17. The first kappa shape index (κ1) is 11.4. The van der Waals surface area contributed by atoms with E-state index in [1.165, 1.54) is 6.07 Å². The molecule has 0 aromatic heterocycles. The minimum absolute atomic E-state index is 0.0244. The van der Waals surface area contributed by atoms with Gasteiger partial charge in [0.15, 0.2) is 6.61 Å². The standard InChI is InChI=1S/C11H15NO3/c1-2-6-12-11(14)8-15-10-5-3-4-9(13)7-10/h3-5,7,13H,2,6,8H2,1H3,(H,12,14). The molecule has 2 N–H and O–H groups in total. The molecule has 0 saturated carbocycles. The molecule has 1 aromatic carbocycles. The van der Waals surface area contributed by atoms with Gasteiger partial charge in [-0.25, -0.2) is 0 Å². The summed E-state index contributed by atoms with van der Waals surface area (Å²) in [5.74, 6) is 0.461. The SMILES string of the molecule is CCCNC(=O)COc1cccc(O)c1. The molecule has 0 aliphatic rings. The monoisotopic (exact) mass is 209 g/mol. The average molecular weight is 209 g/mol. The Morgan fingerprint density at radius 3 is 3.00 bits per heavy atom. The maximum Gasteiger partial charge on any atom is 0.257 e. The first-order valence-electron chi connectivity index (χ1n) is 4.91. The molecule has 0 spiro atoms. The number of rotatable bonds is 5. The van der Waals surface area contributed by atoms with Crippen molar-refractivity contribution >= 4 is 5.91 Å². The molecule has 0 radical (unpaired) electrons. The Labute approximate surface area is 88.9 Å². The van der Waals surface area contributed by atoms with Gasteiger partial charge in [-0.1, -0.05) is 13.0 Å². The molecule has 15 heavy (non-hydrogen) atoms. The maximum absolute atomic E-state index is 11.2. The Bertz CT molecular complexity index is 325. The van der Waals surface area contributed by atoms with E-state index in [0.717, 1.165) is 6.42 Å². The third-order valence-corrected chi connectivity index (χ3v) is 1.76. The van der Waals surface area contributed by atoms with Crippen molar-refractivity contribution in [3.63, 3.8) is 0 Å². The molecule has 1 amide bonds. The second-order valence-corrected chi connectivity index (χ2v) is 3.14. The van der Waals surface area contributed by atoms with E-state index < -0.39 is 0 Å². The van der Waals surface area contributed by atoms with Crippen LogP contribution in [0.5, 0.6) is 11.5 Å². The number of phenolic OH excluding ortho intramolecular Hbond substituents is 1. The van der Waals surface area contributed by atoms with Crippen LogP contribution in [0.25, 0.3) is 0 Å². The summed E-state index contributed by atoms with van der Waals surface area (Å²) >= 11 is 0. The summed E-state index contributed by atoms with van der Waals surface area (Å²) in [5, 5.41) is 11.8. The Hall–Kier alpha value is -1.71. The number of ether oxygens (including phenoxy) is 1. The van der Waals surface area contributed by atoms with E-state index in [4.69, 9.17) is 9.84 Å². The summed E-state index contributed by atoms with van der Waals surface area (Å²) < 4.78 is 5.17. The lowest BCUT2D eigenvalue weighted by atomic mass is 10.3. The van der Waals surface area contributed by atoms with Crippen LogP contribution >= 0.6 is 0 Å². The van der Waals surface area contributed by atoms with E-state index in [1.807, 2.05) is 6.92 Å². The second-order valence-electron chi connectivity index (χ2n) is 3.14. The molecule has 1 aromatic rings. The van der Waals surface area contributed by atoms with Crippen LogP contribution in [0.3, 0.4) is 0 Å². The van der Waals surface area contributed by atoms with Gasteiger partial charge < -0.3 is 15.2 Å². The lowest BCUT2D eigenvalue weighted by Gasteiger charge is -2.06. The zero-order valence-electron chi connectivity index (χ0n) is 8.69. The number of benzene rings is 1. The van der Waals surface area contributed by atoms with Crippen LogP contribution in [0.2, 0.25) is 0 Å². The number of carbonyl (C=O) groups excluding carboxylic acids is 1. The zero-order valence-corrected chi connectivity index (χ0v) is 8.69. The lowest BCUT2D eigenvalue weighted by molar-refractivity contribution is -0.123. The highest BCUT2D eigenvalue weighted by Gasteiger charge is 2.01. The summed E-state index contributed by atoms with van der Waals surface area (Å²) in [6, 6.07) is 6.36. The summed E-state index contributed by atoms with van der Waals surface area (Å²) in [6.07, 6.45) is 0.901. The van der Waals surface area contributed by atoms with Gasteiger partial charge in [0.1, 0.15) is 11.5 Å². The number of phenols is 1. The molecular weight excluding hydrogens is 194 g/mol. The molecule has 0 aliphatic heterocycles. The summed E-state index contributed by atoms with van der Waals surface area (Å²) in [4.78, 5) is 11.2. The van der Waals surface area contributed by atoms with E-state index in [9.17, 15) is 4.79 Å². The van der Waals surface area contributed by atoms with Crippen molar-refractivity contribution in [2.24, 2.45) is 0 Å². The highest BCUT2D eigenvalue weighted by molar-refractivity contribution is 5.77. The van der Waals surface area contributed by atoms with Crippen LogP contribution in [-0.4, -0.2) is 24.2 Å². The van der Waals surface area contributed by atoms with Crippen molar-refractivity contribution in [2.75, 3.05) is 13.2 Å². The fraction of sp³-hybridized carbons (Fsp3) is 0.364. The Balaban J connectivity index is 2.33. The molecule has 0 atom stereocenters. The smallest absolute Gasteiger partial charge is 0.257 e. The quantitative estimate of drug-likeness (QED) is 0.768. The number of aromatic hydroxyl groups is 1. The van der Waals surface area contributed by atoms with Gasteiger partial charge in [-0.05, 0) is 18.6 Å². The van der Waals surface area contributed by atoms with Gasteiger partial charge in [-0.15, -0.1) is 0 Å². The van der Waals surface area contributed by atoms with Crippen LogP contribution in [0.4, 0.5) is 0 Å². The molecule has 0 aliphatic carbocycles. The molecule has 0 fully saturated rings. The molecular formula is C11H15NO3. The van der Waals surface area contributed by atoms with Gasteiger partial charge in [0.05, 0.1) is 0 Å². The first-order chi connectivity index (χ1) is 7.22. The molecule has 0 unspecified atom stereocenters. The average Bonchev–Trinajstić information content (AvgIpc) is 2.23. The van der Waals surface area contributed by atoms with Gasteiger partial charge in [-0.3, -0.25) is 4.79 Å². The van der Waals surface area contributed by atoms with E-state index in [0.29, 0.717) is 12.3 Å². The van der Waals surface area contributed by atoms with Gasteiger partial charge in [0.2, 0.25) is 0 Å². The molecule has 82 valence electrons. The Morgan fingerprint density at radius 2 is 2.33 bits per heavy atom. The molecule has 0 saturated heterocycles. The van der Waals surface area contributed by atoms with Crippen molar-refractivity contribution in [3.8, 4) is 11.5 Å². The van der Waals surface area contributed by atoms with Crippen molar-refractivity contribution in [1.82, 2.24) is 5.32 Å². The lowest BCUT2D eigenvalue weighted by Crippen LogP contribution is -2.29. The fourth-order valence-electron chi connectivity index (χ4n) is 1.04. The van der Waals surface area contributed by atoms with E-state index in [-0.39, 0.29) is 18.3 Å². The number of carbonyl (C=O) groups is 1. The normalized spacial score (nSPS) is 9.67. The third kappa shape index (κ3) is 4.35. The van der Waals surface area contributed by atoms with E-state index in [2.05, 4.69) is 5.32 Å². The van der Waals surface area contributed by atoms with Crippen molar-refractivity contribution in [3.05, 3.63) is 24.3 Å². The maximum atomic E-state index is 11.2. The molecule has 0 bridgehead atoms. The van der Waals surface area contributed by atoms with Gasteiger partial charge in [0, 0.05) is 12.6 Å². The van der Waals surface area contributed by atoms with E-state index in [1.54, 1.807) is 18.2 Å². The minimum atomic E-state index is -0.153. The number of hydrogen-bond donors (Lipinski definition) is 2. The van der Waals surface area contributed by atoms with Crippen LogP contribution in [0.15, 0.2) is 24.3 Å². The van der Waals surface area contributed by atoms with E-state index >= 15 is 0 Å². The second kappa shape index (κ2) is 5.90. The predicted molar refractivity (Wildman–Crippen MR) is 56.9 cm³/mol. The Kier molecular flexibility index (Phi) is 4.47. The number of hydrogen-bond acceptors (Lipinski definition) is 3. The summed E-state index contributed by atoms with van der Waals surface area (Å²) in [6.45, 7) is 2.61. The van der Waals surface area contributed by atoms with Crippen molar-refractivity contribution in [1.29, 1.82) is 0 Å². The van der Waals surface area contributed by atoms with Gasteiger partial charge in [-0.2, -0.15) is 0 Å². The van der Waals surface area contributed by atoms with Crippen LogP contribution < -0.4 is 10.1 Å². The summed E-state index contributed by atoms with van der Waals surface area (Å²) in [5.41, 5.74) is 0. The van der Waals surface area contributed by atoms with Crippen LogP contribution in [0, 0.1) is 0 Å². The zero-order chi connectivity index (χ0) is 11.1. The third-order valence-electron chi connectivity index (χ3n) is 1.76. The highest BCUT2D eigenvalue weighted by atomic mass is 16.5. The largest absolute Gasteiger partial charge is 0.508 e. The van der Waals surface area contributed by atoms with Crippen LogP contribution in [0.1, 0.15) is 13.3 Å². The molecule has 0 heterocycles.